The number of hydrogen-bond donors (Lipinski definition) is 1. The first-order valence-corrected chi connectivity index (χ1v) is 6.29. The van der Waals surface area contributed by atoms with Gasteiger partial charge in [0.15, 0.2) is 0 Å². The highest BCUT2D eigenvalue weighted by Crippen LogP contribution is 2.56. The summed E-state index contributed by atoms with van der Waals surface area (Å²) >= 11 is 0. The van der Waals surface area contributed by atoms with E-state index in [9.17, 15) is 5.11 Å². The van der Waals surface area contributed by atoms with Gasteiger partial charge >= 0.3 is 0 Å². The Hall–Kier alpha value is -0.0400. The van der Waals surface area contributed by atoms with Gasteiger partial charge in [-0.25, -0.2) is 0 Å². The van der Waals surface area contributed by atoms with Crippen molar-refractivity contribution in [3.63, 3.8) is 0 Å². The fourth-order valence-electron chi connectivity index (χ4n) is 4.00. The third-order valence-electron chi connectivity index (χ3n) is 4.85. The highest BCUT2D eigenvalue weighted by molar-refractivity contribution is 5.01. The van der Waals surface area contributed by atoms with Crippen molar-refractivity contribution >= 4 is 0 Å². The molecule has 0 aromatic heterocycles. The van der Waals surface area contributed by atoms with E-state index in [0.29, 0.717) is 0 Å². The van der Waals surface area contributed by atoms with E-state index in [4.69, 9.17) is 0 Å². The van der Waals surface area contributed by atoms with E-state index in [2.05, 4.69) is 0 Å². The summed E-state index contributed by atoms with van der Waals surface area (Å²) < 4.78 is 0. The molecule has 0 aromatic carbocycles. The molecule has 0 heterocycles. The van der Waals surface area contributed by atoms with Gasteiger partial charge in [-0.1, -0.05) is 25.7 Å². The van der Waals surface area contributed by atoms with Gasteiger partial charge in [-0.2, -0.15) is 0 Å². The second kappa shape index (κ2) is 3.52. The van der Waals surface area contributed by atoms with Crippen molar-refractivity contribution in [2.24, 2.45) is 11.3 Å². The maximum atomic E-state index is 10.4. The second-order valence-corrected chi connectivity index (χ2v) is 5.90. The van der Waals surface area contributed by atoms with Gasteiger partial charge < -0.3 is 5.11 Å². The molecule has 0 unspecified atom stereocenters. The summed E-state index contributed by atoms with van der Waals surface area (Å²) in [5.74, 6) is 0.810. The van der Waals surface area contributed by atoms with Crippen LogP contribution in [0.2, 0.25) is 0 Å². The Morgan fingerprint density at radius 2 is 1.50 bits per heavy atom. The van der Waals surface area contributed by atoms with Gasteiger partial charge in [-0.05, 0) is 45.4 Å². The molecule has 0 amide bonds. The van der Waals surface area contributed by atoms with E-state index in [1.807, 2.05) is 13.8 Å². The second-order valence-electron chi connectivity index (χ2n) is 5.90. The van der Waals surface area contributed by atoms with Crippen LogP contribution in [0.3, 0.4) is 0 Å². The van der Waals surface area contributed by atoms with Crippen LogP contribution in [0.5, 0.6) is 0 Å². The molecule has 0 aromatic rings. The molecule has 0 bridgehead atoms. The molecule has 2 rings (SSSR count). The van der Waals surface area contributed by atoms with Crippen molar-refractivity contribution in [2.45, 2.75) is 70.8 Å². The van der Waals surface area contributed by atoms with Crippen LogP contribution in [0.25, 0.3) is 0 Å². The zero-order chi connectivity index (χ0) is 10.2. The quantitative estimate of drug-likeness (QED) is 0.680. The minimum Gasteiger partial charge on any atom is -0.390 e. The molecule has 1 N–H and O–H groups in total. The highest BCUT2D eigenvalue weighted by Gasteiger charge is 2.50. The first kappa shape index (κ1) is 10.5. The Labute approximate surface area is 87.9 Å². The largest absolute Gasteiger partial charge is 0.390 e. The SMILES string of the molecule is CC(C)(O)C12CCCCC1CCCC2. The third kappa shape index (κ3) is 1.50. The van der Waals surface area contributed by atoms with Crippen molar-refractivity contribution < 1.29 is 5.11 Å². The molecule has 2 fully saturated rings. The van der Waals surface area contributed by atoms with Crippen LogP contribution >= 0.6 is 0 Å². The Kier molecular flexibility index (Phi) is 2.63. The highest BCUT2D eigenvalue weighted by atomic mass is 16.3. The van der Waals surface area contributed by atoms with E-state index in [1.54, 1.807) is 0 Å². The lowest BCUT2D eigenvalue weighted by Crippen LogP contribution is -2.51. The molecule has 0 aliphatic heterocycles. The molecule has 1 nitrogen and oxygen atoms in total. The molecule has 2 aliphatic carbocycles. The summed E-state index contributed by atoms with van der Waals surface area (Å²) in [5.41, 5.74) is -0.192. The van der Waals surface area contributed by atoms with Crippen LogP contribution in [0.1, 0.15) is 65.2 Å². The van der Waals surface area contributed by atoms with E-state index in [-0.39, 0.29) is 5.41 Å². The minimum absolute atomic E-state index is 0.267. The van der Waals surface area contributed by atoms with Gasteiger partial charge in [0.05, 0.1) is 5.60 Å². The topological polar surface area (TPSA) is 20.2 Å². The van der Waals surface area contributed by atoms with Gasteiger partial charge in [-0.15, -0.1) is 0 Å². The third-order valence-corrected chi connectivity index (χ3v) is 4.85. The van der Waals surface area contributed by atoms with Crippen LogP contribution in [0.4, 0.5) is 0 Å². The number of hydrogen-bond acceptors (Lipinski definition) is 1. The lowest BCUT2D eigenvalue weighted by atomic mass is 9.53. The molecular formula is C13H24O. The molecular weight excluding hydrogens is 172 g/mol. The molecule has 1 heteroatoms. The number of rotatable bonds is 1. The van der Waals surface area contributed by atoms with Gasteiger partial charge in [0, 0.05) is 5.41 Å². The number of fused-ring (bicyclic) bond motifs is 1. The van der Waals surface area contributed by atoms with E-state index in [1.165, 1.54) is 51.4 Å². The first-order chi connectivity index (χ1) is 6.56. The molecule has 2 saturated carbocycles. The smallest absolute Gasteiger partial charge is 0.0650 e. The Morgan fingerprint density at radius 3 is 1.86 bits per heavy atom. The van der Waals surface area contributed by atoms with Crippen LogP contribution in [-0.4, -0.2) is 10.7 Å². The molecule has 0 atom stereocenters. The van der Waals surface area contributed by atoms with Crippen LogP contribution in [-0.2, 0) is 0 Å². The van der Waals surface area contributed by atoms with E-state index in [0.717, 1.165) is 5.92 Å². The summed E-state index contributed by atoms with van der Waals surface area (Å²) in [5, 5.41) is 10.4. The minimum atomic E-state index is -0.460. The van der Waals surface area contributed by atoms with Gasteiger partial charge in [-0.3, -0.25) is 0 Å². The fourth-order valence-corrected chi connectivity index (χ4v) is 4.00. The molecule has 0 spiro atoms. The Balaban J connectivity index is 2.25. The van der Waals surface area contributed by atoms with Gasteiger partial charge in [0.25, 0.3) is 0 Å². The predicted octanol–water partition coefficient (Wildman–Crippen LogP) is 3.51. The summed E-state index contributed by atoms with van der Waals surface area (Å²) in [4.78, 5) is 0. The van der Waals surface area contributed by atoms with Crippen LogP contribution in [0.15, 0.2) is 0 Å². The van der Waals surface area contributed by atoms with Gasteiger partial charge in [0.2, 0.25) is 0 Å². The summed E-state index contributed by atoms with van der Waals surface area (Å²) in [6, 6.07) is 0. The molecule has 14 heavy (non-hydrogen) atoms. The Bertz CT molecular complexity index is 190. The standard InChI is InChI=1S/C13H24O/c1-12(2,14)13-9-5-3-7-11(13)8-4-6-10-13/h11,14H,3-10H2,1-2H3. The van der Waals surface area contributed by atoms with Crippen molar-refractivity contribution in [1.29, 1.82) is 0 Å². The first-order valence-electron chi connectivity index (χ1n) is 6.29. The molecule has 2 aliphatic rings. The monoisotopic (exact) mass is 196 g/mol. The van der Waals surface area contributed by atoms with Gasteiger partial charge in [0.1, 0.15) is 0 Å². The van der Waals surface area contributed by atoms with E-state index >= 15 is 0 Å². The van der Waals surface area contributed by atoms with Crippen LogP contribution in [0, 0.1) is 11.3 Å². The van der Waals surface area contributed by atoms with Crippen molar-refractivity contribution in [1.82, 2.24) is 0 Å². The average molecular weight is 196 g/mol. The predicted molar refractivity (Wildman–Crippen MR) is 59.2 cm³/mol. The lowest BCUT2D eigenvalue weighted by Gasteiger charge is -2.54. The van der Waals surface area contributed by atoms with E-state index < -0.39 is 5.60 Å². The Morgan fingerprint density at radius 1 is 1.00 bits per heavy atom. The van der Waals surface area contributed by atoms with Crippen molar-refractivity contribution in [3.05, 3.63) is 0 Å². The maximum Gasteiger partial charge on any atom is 0.0650 e. The lowest BCUT2D eigenvalue weighted by molar-refractivity contribution is -0.129. The summed E-state index contributed by atoms with van der Waals surface area (Å²) in [7, 11) is 0. The van der Waals surface area contributed by atoms with Crippen LogP contribution < -0.4 is 0 Å². The fraction of sp³-hybridized carbons (Fsp3) is 1.00. The molecule has 82 valence electrons. The number of aliphatic hydroxyl groups is 1. The summed E-state index contributed by atoms with van der Waals surface area (Å²) in [6.07, 6.45) is 10.7. The average Bonchev–Trinajstić information content (AvgIpc) is 2.16. The zero-order valence-electron chi connectivity index (χ0n) is 9.68. The van der Waals surface area contributed by atoms with Crippen molar-refractivity contribution in [3.8, 4) is 0 Å². The molecule has 0 radical (unpaired) electrons. The summed E-state index contributed by atoms with van der Waals surface area (Å²) in [6.45, 7) is 4.08. The van der Waals surface area contributed by atoms with Crippen molar-refractivity contribution in [2.75, 3.05) is 0 Å². The normalized spacial score (nSPS) is 39.2. The molecule has 0 saturated heterocycles. The maximum absolute atomic E-state index is 10.4. The zero-order valence-corrected chi connectivity index (χ0v) is 9.68.